The molecule has 0 saturated carbocycles. The number of carbonyl (C=O) groups is 3. The number of hydrogen-bond donors (Lipinski definition) is 2. The van der Waals surface area contributed by atoms with E-state index in [4.69, 9.17) is 10.5 Å². The quantitative estimate of drug-likeness (QED) is 0.592. The molecule has 0 saturated heterocycles. The Balaban J connectivity index is 2.48. The zero-order valence-electron chi connectivity index (χ0n) is 11.9. The molecule has 0 spiro atoms. The molecule has 2 atom stereocenters. The molecule has 0 radical (unpaired) electrons. The van der Waals surface area contributed by atoms with Crippen molar-refractivity contribution < 1.29 is 19.1 Å². The molecular formula is C15H18N2O4. The van der Waals surface area contributed by atoms with Gasteiger partial charge in [-0.25, -0.2) is 4.79 Å². The van der Waals surface area contributed by atoms with Crippen LogP contribution in [0.25, 0.3) is 6.08 Å². The second-order valence-corrected chi connectivity index (χ2v) is 4.46. The van der Waals surface area contributed by atoms with Crippen LogP contribution >= 0.6 is 0 Å². The zero-order chi connectivity index (χ0) is 15.8. The summed E-state index contributed by atoms with van der Waals surface area (Å²) in [6.07, 6.45) is 1.91. The Morgan fingerprint density at radius 3 is 2.38 bits per heavy atom. The molecule has 1 rings (SSSR count). The third kappa shape index (κ3) is 5.90. The molecular weight excluding hydrogens is 272 g/mol. The van der Waals surface area contributed by atoms with Crippen LogP contribution in [0.3, 0.4) is 0 Å². The van der Waals surface area contributed by atoms with E-state index in [2.05, 4.69) is 5.32 Å². The van der Waals surface area contributed by atoms with Gasteiger partial charge in [0.05, 0.1) is 0 Å². The Kier molecular flexibility index (Phi) is 6.13. The average Bonchev–Trinajstić information content (AvgIpc) is 2.45. The third-order valence-electron chi connectivity index (χ3n) is 2.63. The van der Waals surface area contributed by atoms with Gasteiger partial charge in [0.25, 0.3) is 5.91 Å². The van der Waals surface area contributed by atoms with E-state index in [9.17, 15) is 14.4 Å². The van der Waals surface area contributed by atoms with Gasteiger partial charge in [-0.15, -0.1) is 0 Å². The lowest BCUT2D eigenvalue weighted by molar-refractivity contribution is -0.156. The highest BCUT2D eigenvalue weighted by atomic mass is 16.5. The van der Waals surface area contributed by atoms with Crippen molar-refractivity contribution in [1.82, 2.24) is 5.32 Å². The molecule has 0 unspecified atom stereocenters. The SMILES string of the molecule is C[C@H](NC(=O)/C=C/c1ccccc1)C(=O)O[C@H](C)C(N)=O. The van der Waals surface area contributed by atoms with Crippen molar-refractivity contribution in [3.8, 4) is 0 Å². The summed E-state index contributed by atoms with van der Waals surface area (Å²) < 4.78 is 4.78. The van der Waals surface area contributed by atoms with Crippen LogP contribution in [0.2, 0.25) is 0 Å². The number of hydrogen-bond acceptors (Lipinski definition) is 4. The van der Waals surface area contributed by atoms with Crippen molar-refractivity contribution in [2.24, 2.45) is 5.73 Å². The van der Waals surface area contributed by atoms with Crippen molar-refractivity contribution in [3.63, 3.8) is 0 Å². The molecule has 0 aliphatic rings. The molecule has 6 heteroatoms. The smallest absolute Gasteiger partial charge is 0.329 e. The molecule has 6 nitrogen and oxygen atoms in total. The fourth-order valence-electron chi connectivity index (χ4n) is 1.39. The Labute approximate surface area is 123 Å². The van der Waals surface area contributed by atoms with Gasteiger partial charge in [0.15, 0.2) is 6.10 Å². The van der Waals surface area contributed by atoms with Gasteiger partial charge < -0.3 is 15.8 Å². The molecule has 112 valence electrons. The van der Waals surface area contributed by atoms with Crippen molar-refractivity contribution in [3.05, 3.63) is 42.0 Å². The van der Waals surface area contributed by atoms with E-state index < -0.39 is 29.9 Å². The molecule has 21 heavy (non-hydrogen) atoms. The van der Waals surface area contributed by atoms with Gasteiger partial charge in [-0.2, -0.15) is 0 Å². The van der Waals surface area contributed by atoms with Crippen LogP contribution in [-0.4, -0.2) is 29.9 Å². The standard InChI is InChI=1S/C15H18N2O4/c1-10(15(20)21-11(2)14(16)19)17-13(18)9-8-12-6-4-3-5-7-12/h3-11H,1-2H3,(H2,16,19)(H,17,18)/b9-8+/t10-,11+/m0/s1. The van der Waals surface area contributed by atoms with Crippen LogP contribution in [0, 0.1) is 0 Å². The van der Waals surface area contributed by atoms with Gasteiger partial charge in [0, 0.05) is 6.08 Å². The summed E-state index contributed by atoms with van der Waals surface area (Å²) in [7, 11) is 0. The van der Waals surface area contributed by atoms with E-state index >= 15 is 0 Å². The fourth-order valence-corrected chi connectivity index (χ4v) is 1.39. The first-order valence-corrected chi connectivity index (χ1v) is 6.43. The highest BCUT2D eigenvalue weighted by Crippen LogP contribution is 2.01. The lowest BCUT2D eigenvalue weighted by atomic mass is 10.2. The van der Waals surface area contributed by atoms with E-state index in [1.807, 2.05) is 30.3 Å². The molecule has 0 bridgehead atoms. The maximum atomic E-state index is 11.7. The van der Waals surface area contributed by atoms with E-state index in [0.29, 0.717) is 0 Å². The number of primary amides is 1. The number of esters is 1. The van der Waals surface area contributed by atoms with Gasteiger partial charge in [0.1, 0.15) is 6.04 Å². The van der Waals surface area contributed by atoms with Crippen molar-refractivity contribution in [2.75, 3.05) is 0 Å². The van der Waals surface area contributed by atoms with Gasteiger partial charge in [-0.1, -0.05) is 30.3 Å². The molecule has 1 aromatic rings. The summed E-state index contributed by atoms with van der Waals surface area (Å²) in [6, 6.07) is 8.38. The van der Waals surface area contributed by atoms with Crippen LogP contribution in [-0.2, 0) is 19.1 Å². The lowest BCUT2D eigenvalue weighted by Gasteiger charge is -2.14. The maximum Gasteiger partial charge on any atom is 0.329 e. The van der Waals surface area contributed by atoms with E-state index in [1.165, 1.54) is 19.9 Å². The van der Waals surface area contributed by atoms with Crippen molar-refractivity contribution >= 4 is 23.9 Å². The van der Waals surface area contributed by atoms with Crippen LogP contribution in [0.15, 0.2) is 36.4 Å². The molecule has 1 aromatic carbocycles. The minimum absolute atomic E-state index is 0.435. The van der Waals surface area contributed by atoms with Gasteiger partial charge in [-0.05, 0) is 25.5 Å². The first-order valence-electron chi connectivity index (χ1n) is 6.43. The molecule has 0 aromatic heterocycles. The highest BCUT2D eigenvalue weighted by Gasteiger charge is 2.20. The number of nitrogens with one attached hydrogen (secondary N) is 1. The number of rotatable bonds is 6. The zero-order valence-corrected chi connectivity index (χ0v) is 11.9. The summed E-state index contributed by atoms with van der Waals surface area (Å²) in [5.41, 5.74) is 5.85. The van der Waals surface area contributed by atoms with Crippen molar-refractivity contribution in [2.45, 2.75) is 26.0 Å². The molecule has 0 fully saturated rings. The number of amides is 2. The summed E-state index contributed by atoms with van der Waals surface area (Å²) in [5, 5.41) is 2.44. The third-order valence-corrected chi connectivity index (χ3v) is 2.63. The fraction of sp³-hybridized carbons (Fsp3) is 0.267. The molecule has 2 amide bonds. The Bertz CT molecular complexity index is 540. The van der Waals surface area contributed by atoms with Gasteiger partial charge in [0.2, 0.25) is 5.91 Å². The highest BCUT2D eigenvalue weighted by molar-refractivity contribution is 5.94. The summed E-state index contributed by atoms with van der Waals surface area (Å²) in [5.74, 6) is -1.90. The monoisotopic (exact) mass is 290 g/mol. The lowest BCUT2D eigenvalue weighted by Crippen LogP contribution is -2.42. The molecule has 0 aliphatic heterocycles. The topological polar surface area (TPSA) is 98.5 Å². The Morgan fingerprint density at radius 1 is 1.19 bits per heavy atom. The maximum absolute atomic E-state index is 11.7. The van der Waals surface area contributed by atoms with Crippen LogP contribution in [0.1, 0.15) is 19.4 Å². The van der Waals surface area contributed by atoms with Crippen LogP contribution in [0.4, 0.5) is 0 Å². The number of nitrogens with two attached hydrogens (primary N) is 1. The second kappa shape index (κ2) is 7.84. The summed E-state index contributed by atoms with van der Waals surface area (Å²) in [6.45, 7) is 2.83. The number of carbonyl (C=O) groups excluding carboxylic acids is 3. The van der Waals surface area contributed by atoms with Gasteiger partial charge in [-0.3, -0.25) is 9.59 Å². The second-order valence-electron chi connectivity index (χ2n) is 4.46. The van der Waals surface area contributed by atoms with Gasteiger partial charge >= 0.3 is 5.97 Å². The molecule has 0 aliphatic carbocycles. The number of ether oxygens (including phenoxy) is 1. The van der Waals surface area contributed by atoms with E-state index in [0.717, 1.165) is 5.56 Å². The molecule has 3 N–H and O–H groups in total. The van der Waals surface area contributed by atoms with E-state index in [1.54, 1.807) is 6.08 Å². The predicted octanol–water partition coefficient (Wildman–Crippen LogP) is 0.622. The van der Waals surface area contributed by atoms with Crippen LogP contribution < -0.4 is 11.1 Å². The number of benzene rings is 1. The normalized spacial score (nSPS) is 13.4. The van der Waals surface area contributed by atoms with Crippen molar-refractivity contribution in [1.29, 1.82) is 0 Å². The Morgan fingerprint density at radius 2 is 1.81 bits per heavy atom. The average molecular weight is 290 g/mol. The molecule has 0 heterocycles. The minimum Gasteiger partial charge on any atom is -0.451 e. The summed E-state index contributed by atoms with van der Waals surface area (Å²) >= 11 is 0. The van der Waals surface area contributed by atoms with E-state index in [-0.39, 0.29) is 0 Å². The largest absolute Gasteiger partial charge is 0.451 e. The minimum atomic E-state index is -1.03. The summed E-state index contributed by atoms with van der Waals surface area (Å²) in [4.78, 5) is 34.0. The first-order chi connectivity index (χ1) is 9.90. The Hall–Kier alpha value is -2.63. The first kappa shape index (κ1) is 16.4. The predicted molar refractivity (Wildman–Crippen MR) is 77.8 cm³/mol. The van der Waals surface area contributed by atoms with Crippen LogP contribution in [0.5, 0.6) is 0 Å².